The minimum atomic E-state index is -4.44. The van der Waals surface area contributed by atoms with Crippen molar-refractivity contribution in [1.82, 2.24) is 4.98 Å². The molecule has 10 heteroatoms. The lowest BCUT2D eigenvalue weighted by molar-refractivity contribution is -0.159. The Morgan fingerprint density at radius 1 is 1.09 bits per heavy atom. The molecule has 0 radical (unpaired) electrons. The molecule has 0 bridgehead atoms. The Morgan fingerprint density at radius 2 is 1.77 bits per heavy atom. The van der Waals surface area contributed by atoms with Crippen molar-refractivity contribution in [2.75, 3.05) is 11.9 Å². The molecule has 2 aromatic carbocycles. The van der Waals surface area contributed by atoms with Crippen molar-refractivity contribution in [3.8, 4) is 10.4 Å². The van der Waals surface area contributed by atoms with E-state index in [1.54, 1.807) is 26.8 Å². The van der Waals surface area contributed by atoms with Gasteiger partial charge in [0, 0.05) is 6.54 Å². The standard InChI is InChI=1S/C25H25Cl2F3N2O2S/c1-24(2,3)34-22(33)17(11-15-7-5-4-6-8-15)14-31-23-32-20(13-25(28,29)30)21(35-23)16-9-10-18(26)19(27)12-16/h4-10,12,17H,11,13-14H2,1-3H3,(H,31,32). The fraction of sp³-hybridized carbons (Fsp3) is 0.360. The Morgan fingerprint density at radius 3 is 2.37 bits per heavy atom. The molecule has 1 atom stereocenters. The number of rotatable bonds is 8. The van der Waals surface area contributed by atoms with Gasteiger partial charge in [-0.25, -0.2) is 4.98 Å². The summed E-state index contributed by atoms with van der Waals surface area (Å²) in [6.07, 6.45) is -5.23. The third kappa shape index (κ3) is 8.40. The zero-order valence-corrected chi connectivity index (χ0v) is 21.7. The van der Waals surface area contributed by atoms with E-state index in [4.69, 9.17) is 27.9 Å². The van der Waals surface area contributed by atoms with E-state index in [0.29, 0.717) is 21.9 Å². The Labute approximate surface area is 216 Å². The zero-order valence-electron chi connectivity index (χ0n) is 19.4. The van der Waals surface area contributed by atoms with Crippen LogP contribution >= 0.6 is 34.5 Å². The summed E-state index contributed by atoms with van der Waals surface area (Å²) in [5.41, 5.74) is 0.629. The molecule has 0 aliphatic heterocycles. The Balaban J connectivity index is 1.86. The summed E-state index contributed by atoms with van der Waals surface area (Å²) >= 11 is 13.1. The highest BCUT2D eigenvalue weighted by Gasteiger charge is 2.32. The first-order chi connectivity index (χ1) is 16.3. The molecule has 3 aromatic rings. The van der Waals surface area contributed by atoms with Crippen LogP contribution in [0.25, 0.3) is 10.4 Å². The van der Waals surface area contributed by atoms with Gasteiger partial charge in [0.2, 0.25) is 0 Å². The van der Waals surface area contributed by atoms with Crippen LogP contribution in [0.4, 0.5) is 18.3 Å². The number of aromatic nitrogens is 1. The number of carbonyl (C=O) groups is 1. The molecule has 0 saturated heterocycles. The SMILES string of the molecule is CC(C)(C)OC(=O)C(CNc1nc(CC(F)(F)F)c(-c2ccc(Cl)c(Cl)c2)s1)Cc1ccccc1. The van der Waals surface area contributed by atoms with E-state index in [1.807, 2.05) is 30.3 Å². The van der Waals surface area contributed by atoms with E-state index in [-0.39, 0.29) is 22.4 Å². The number of alkyl halides is 3. The van der Waals surface area contributed by atoms with Crippen LogP contribution in [0.3, 0.4) is 0 Å². The van der Waals surface area contributed by atoms with Crippen molar-refractivity contribution in [3.63, 3.8) is 0 Å². The summed E-state index contributed by atoms with van der Waals surface area (Å²) < 4.78 is 45.3. The first-order valence-electron chi connectivity index (χ1n) is 10.8. The maximum absolute atomic E-state index is 13.2. The first kappa shape index (κ1) is 27.3. The summed E-state index contributed by atoms with van der Waals surface area (Å²) in [6.45, 7) is 5.49. The average Bonchev–Trinajstić information content (AvgIpc) is 3.13. The summed E-state index contributed by atoms with van der Waals surface area (Å²) in [4.78, 5) is 17.4. The fourth-order valence-corrected chi connectivity index (χ4v) is 4.62. The van der Waals surface area contributed by atoms with Crippen molar-refractivity contribution in [2.24, 2.45) is 5.92 Å². The van der Waals surface area contributed by atoms with Gasteiger partial charge in [0.15, 0.2) is 5.13 Å². The number of carbonyl (C=O) groups excluding carboxylic acids is 1. The van der Waals surface area contributed by atoms with Crippen molar-refractivity contribution in [1.29, 1.82) is 0 Å². The molecular weight excluding hydrogens is 520 g/mol. The lowest BCUT2D eigenvalue weighted by Crippen LogP contribution is -2.33. The zero-order chi connectivity index (χ0) is 25.8. The van der Waals surface area contributed by atoms with Gasteiger partial charge in [0.25, 0.3) is 0 Å². The van der Waals surface area contributed by atoms with Crippen LogP contribution in [0.5, 0.6) is 0 Å². The van der Waals surface area contributed by atoms with E-state index < -0.39 is 30.1 Å². The molecule has 0 aliphatic carbocycles. The van der Waals surface area contributed by atoms with Crippen LogP contribution in [-0.2, 0) is 22.4 Å². The molecule has 1 aromatic heterocycles. The van der Waals surface area contributed by atoms with E-state index in [2.05, 4.69) is 10.3 Å². The van der Waals surface area contributed by atoms with E-state index in [1.165, 1.54) is 12.1 Å². The molecule has 0 saturated carbocycles. The van der Waals surface area contributed by atoms with Gasteiger partial charge in [-0.05, 0) is 50.5 Å². The third-order valence-electron chi connectivity index (χ3n) is 4.81. The third-order valence-corrected chi connectivity index (χ3v) is 6.66. The van der Waals surface area contributed by atoms with Crippen LogP contribution in [0, 0.1) is 5.92 Å². The van der Waals surface area contributed by atoms with Gasteiger partial charge < -0.3 is 10.1 Å². The second-order valence-electron chi connectivity index (χ2n) is 9.02. The second-order valence-corrected chi connectivity index (χ2v) is 10.8. The smallest absolute Gasteiger partial charge is 0.394 e. The molecule has 1 heterocycles. The predicted molar refractivity (Wildman–Crippen MR) is 135 cm³/mol. The van der Waals surface area contributed by atoms with Crippen LogP contribution in [-0.4, -0.2) is 29.3 Å². The fourth-order valence-electron chi connectivity index (χ4n) is 3.33. The number of ether oxygens (including phenoxy) is 1. The van der Waals surface area contributed by atoms with Gasteiger partial charge in [0.1, 0.15) is 5.60 Å². The summed E-state index contributed by atoms with van der Waals surface area (Å²) in [6, 6.07) is 14.1. The number of thiazole rings is 1. The molecule has 0 amide bonds. The van der Waals surface area contributed by atoms with Gasteiger partial charge >= 0.3 is 12.1 Å². The van der Waals surface area contributed by atoms with E-state index >= 15 is 0 Å². The van der Waals surface area contributed by atoms with Crippen molar-refractivity contribution >= 4 is 45.6 Å². The van der Waals surface area contributed by atoms with Gasteiger partial charge in [-0.3, -0.25) is 4.79 Å². The average molecular weight is 545 g/mol. The largest absolute Gasteiger partial charge is 0.460 e. The number of hydrogen-bond donors (Lipinski definition) is 1. The number of benzene rings is 2. The Hall–Kier alpha value is -2.29. The van der Waals surface area contributed by atoms with E-state index in [9.17, 15) is 18.0 Å². The molecule has 35 heavy (non-hydrogen) atoms. The number of hydrogen-bond acceptors (Lipinski definition) is 5. The van der Waals surface area contributed by atoms with E-state index in [0.717, 1.165) is 16.9 Å². The number of halogens is 5. The van der Waals surface area contributed by atoms with Gasteiger partial charge in [-0.15, -0.1) is 0 Å². The minimum Gasteiger partial charge on any atom is -0.460 e. The Bertz CT molecular complexity index is 1160. The van der Waals surface area contributed by atoms with Gasteiger partial charge in [0.05, 0.1) is 33.0 Å². The molecule has 4 nitrogen and oxygen atoms in total. The molecule has 1 N–H and O–H groups in total. The molecular formula is C25H25Cl2F3N2O2S. The summed E-state index contributed by atoms with van der Waals surface area (Å²) in [5.74, 6) is -0.967. The highest BCUT2D eigenvalue weighted by Crippen LogP contribution is 2.38. The Kier molecular flexibility index (Phi) is 8.72. The van der Waals surface area contributed by atoms with Gasteiger partial charge in [-0.1, -0.05) is 70.9 Å². The topological polar surface area (TPSA) is 51.2 Å². The first-order valence-corrected chi connectivity index (χ1v) is 12.4. The van der Waals surface area contributed by atoms with Crippen LogP contribution in [0.15, 0.2) is 48.5 Å². The monoisotopic (exact) mass is 544 g/mol. The molecule has 0 aliphatic rings. The normalized spacial score (nSPS) is 12.9. The molecule has 1 unspecified atom stereocenters. The molecule has 188 valence electrons. The van der Waals surface area contributed by atoms with Crippen LogP contribution in [0.2, 0.25) is 10.0 Å². The lowest BCUT2D eigenvalue weighted by atomic mass is 9.99. The minimum absolute atomic E-state index is 0.125. The summed E-state index contributed by atoms with van der Waals surface area (Å²) in [5, 5.41) is 3.86. The highest BCUT2D eigenvalue weighted by molar-refractivity contribution is 7.19. The molecule has 0 spiro atoms. The number of nitrogens with zero attached hydrogens (tertiary/aromatic N) is 1. The maximum atomic E-state index is 13.2. The molecule has 3 rings (SSSR count). The lowest BCUT2D eigenvalue weighted by Gasteiger charge is -2.24. The van der Waals surface area contributed by atoms with Crippen molar-refractivity contribution < 1.29 is 22.7 Å². The second kappa shape index (κ2) is 11.2. The van der Waals surface area contributed by atoms with Crippen LogP contribution < -0.4 is 5.32 Å². The summed E-state index contributed by atoms with van der Waals surface area (Å²) in [7, 11) is 0. The quantitative estimate of drug-likeness (QED) is 0.293. The number of anilines is 1. The number of esters is 1. The van der Waals surface area contributed by atoms with Crippen molar-refractivity contribution in [3.05, 3.63) is 69.8 Å². The number of nitrogens with one attached hydrogen (secondary N) is 1. The van der Waals surface area contributed by atoms with Crippen molar-refractivity contribution in [2.45, 2.75) is 45.4 Å². The molecule has 0 fully saturated rings. The van der Waals surface area contributed by atoms with Crippen LogP contribution in [0.1, 0.15) is 32.0 Å². The maximum Gasteiger partial charge on any atom is 0.394 e. The predicted octanol–water partition coefficient (Wildman–Crippen LogP) is 7.83. The highest BCUT2D eigenvalue weighted by atomic mass is 35.5. The van der Waals surface area contributed by atoms with Gasteiger partial charge in [-0.2, -0.15) is 13.2 Å².